The zero-order chi connectivity index (χ0) is 24.0. The number of carbonyl (C=O) groups excluding carboxylic acids is 2. The molecule has 1 aliphatic rings. The fraction of sp³-hybridized carbons (Fsp3) is 0.417. The van der Waals surface area contributed by atoms with E-state index in [1.54, 1.807) is 23.1 Å². The number of fused-ring (bicyclic) bond motifs is 1. The Morgan fingerprint density at radius 3 is 2.55 bits per heavy atom. The first kappa shape index (κ1) is 24.5. The van der Waals surface area contributed by atoms with Crippen LogP contribution >= 0.6 is 0 Å². The quantitative estimate of drug-likeness (QED) is 0.533. The number of ether oxygens (including phenoxy) is 1. The number of rotatable bonds is 6. The van der Waals surface area contributed by atoms with Crippen LogP contribution in [0.25, 0.3) is 0 Å². The van der Waals surface area contributed by atoms with Crippen LogP contribution in [0.15, 0.2) is 42.5 Å². The number of halogens is 1. The lowest BCUT2D eigenvalue weighted by atomic mass is 10.0. The van der Waals surface area contributed by atoms with Gasteiger partial charge in [0, 0.05) is 35.9 Å². The Labute approximate surface area is 193 Å². The number of likely N-dealkylation sites (N-methyl/N-ethyl adjacent to an activating group) is 1. The van der Waals surface area contributed by atoms with Crippen LogP contribution < -0.4 is 20.7 Å². The van der Waals surface area contributed by atoms with Gasteiger partial charge in [0.1, 0.15) is 17.7 Å². The number of nitrogens with zero attached hydrogens (tertiary/aromatic N) is 1. The molecule has 0 spiro atoms. The largest absolute Gasteiger partial charge is 0.488 e. The first-order valence-corrected chi connectivity index (χ1v) is 11.0. The van der Waals surface area contributed by atoms with E-state index in [2.05, 4.69) is 16.0 Å². The van der Waals surface area contributed by atoms with Crippen molar-refractivity contribution < 1.29 is 23.8 Å². The highest BCUT2D eigenvalue weighted by molar-refractivity contribution is 5.99. The predicted octanol–water partition coefficient (Wildman–Crippen LogP) is 2.84. The summed E-state index contributed by atoms with van der Waals surface area (Å²) in [6.45, 7) is 4.76. The lowest BCUT2D eigenvalue weighted by Crippen LogP contribution is -2.47. The maximum absolute atomic E-state index is 13.1. The van der Waals surface area contributed by atoms with E-state index in [4.69, 9.17) is 4.74 Å². The molecule has 3 amide bonds. The smallest absolute Gasteiger partial charge is 0.323 e. The number of hydrogen-bond acceptors (Lipinski definition) is 5. The summed E-state index contributed by atoms with van der Waals surface area (Å²) in [6.07, 6.45) is -0.109. The average molecular weight is 459 g/mol. The monoisotopic (exact) mass is 458 g/mol. The van der Waals surface area contributed by atoms with Gasteiger partial charge < -0.3 is 30.7 Å². The van der Waals surface area contributed by atoms with Crippen LogP contribution in [-0.4, -0.2) is 60.8 Å². The van der Waals surface area contributed by atoms with Gasteiger partial charge in [-0.15, -0.1) is 0 Å². The normalized spacial score (nSPS) is 19.4. The summed E-state index contributed by atoms with van der Waals surface area (Å²) in [6, 6.07) is 9.80. The van der Waals surface area contributed by atoms with E-state index in [-0.39, 0.29) is 37.0 Å². The van der Waals surface area contributed by atoms with Crippen LogP contribution in [0, 0.1) is 11.7 Å². The summed E-state index contributed by atoms with van der Waals surface area (Å²) >= 11 is 0. The van der Waals surface area contributed by atoms with Gasteiger partial charge in [0.2, 0.25) is 5.91 Å². The second-order valence-corrected chi connectivity index (χ2v) is 8.35. The lowest BCUT2D eigenvalue weighted by Gasteiger charge is -2.32. The molecule has 8 nitrogen and oxygen atoms in total. The van der Waals surface area contributed by atoms with Gasteiger partial charge in [0.15, 0.2) is 0 Å². The summed E-state index contributed by atoms with van der Waals surface area (Å²) in [4.78, 5) is 27.2. The molecule has 2 aromatic rings. The molecule has 0 bridgehead atoms. The molecule has 0 fully saturated rings. The van der Waals surface area contributed by atoms with Crippen molar-refractivity contribution in [3.8, 4) is 5.75 Å². The minimum absolute atomic E-state index is 0.0284. The summed E-state index contributed by atoms with van der Waals surface area (Å²) in [7, 11) is 1.84. The Morgan fingerprint density at radius 1 is 1.21 bits per heavy atom. The van der Waals surface area contributed by atoms with Crippen molar-refractivity contribution in [2.75, 3.05) is 37.4 Å². The number of anilines is 2. The molecule has 1 aliphatic heterocycles. The number of hydrogen-bond donors (Lipinski definition) is 4. The number of aliphatic hydroxyl groups is 1. The highest BCUT2D eigenvalue weighted by atomic mass is 19.1. The molecular formula is C24H31FN4O4. The molecule has 0 saturated carbocycles. The van der Waals surface area contributed by atoms with Gasteiger partial charge in [-0.2, -0.15) is 0 Å². The van der Waals surface area contributed by atoms with E-state index in [0.717, 1.165) is 0 Å². The van der Waals surface area contributed by atoms with Gasteiger partial charge in [-0.3, -0.25) is 4.79 Å². The highest BCUT2D eigenvalue weighted by Crippen LogP contribution is 2.29. The molecule has 3 atom stereocenters. The van der Waals surface area contributed by atoms with E-state index in [9.17, 15) is 19.1 Å². The topological polar surface area (TPSA) is 103 Å². The molecular weight excluding hydrogens is 427 g/mol. The van der Waals surface area contributed by atoms with Crippen LogP contribution in [-0.2, 0) is 11.2 Å². The van der Waals surface area contributed by atoms with Crippen LogP contribution in [0.5, 0.6) is 5.75 Å². The Morgan fingerprint density at radius 2 is 1.88 bits per heavy atom. The maximum atomic E-state index is 13.1. The molecule has 2 aromatic carbocycles. The first-order valence-electron chi connectivity index (χ1n) is 11.0. The molecule has 33 heavy (non-hydrogen) atoms. The van der Waals surface area contributed by atoms with Crippen LogP contribution in [0.1, 0.15) is 19.4 Å². The molecule has 9 heteroatoms. The van der Waals surface area contributed by atoms with E-state index < -0.39 is 11.8 Å². The van der Waals surface area contributed by atoms with E-state index in [1.165, 1.54) is 24.3 Å². The summed E-state index contributed by atoms with van der Waals surface area (Å²) in [5, 5.41) is 18.2. The molecule has 4 N–H and O–H groups in total. The van der Waals surface area contributed by atoms with Crippen molar-refractivity contribution in [1.29, 1.82) is 0 Å². The van der Waals surface area contributed by atoms with Crippen molar-refractivity contribution in [2.24, 2.45) is 5.92 Å². The standard InChI is InChI=1S/C24H31FN4O4/c1-15-13-29(16(2)14-30)23(31)11-17-10-20(8-9-21(17)33-22(15)12-26-3)28-24(32)27-19-6-4-18(25)5-7-19/h4-10,15-16,22,26,30H,11-14H2,1-3H3,(H2,27,28,32)/t15-,16+,22+/m0/s1. The minimum Gasteiger partial charge on any atom is -0.488 e. The van der Waals surface area contributed by atoms with Gasteiger partial charge >= 0.3 is 6.03 Å². The van der Waals surface area contributed by atoms with Crippen molar-refractivity contribution in [3.05, 3.63) is 53.8 Å². The summed E-state index contributed by atoms with van der Waals surface area (Å²) in [5.74, 6) is 0.101. The summed E-state index contributed by atoms with van der Waals surface area (Å²) < 4.78 is 19.3. The van der Waals surface area contributed by atoms with Crippen molar-refractivity contribution in [3.63, 3.8) is 0 Å². The van der Waals surface area contributed by atoms with E-state index in [0.29, 0.717) is 35.8 Å². The fourth-order valence-corrected chi connectivity index (χ4v) is 3.78. The average Bonchev–Trinajstić information content (AvgIpc) is 2.83. The highest BCUT2D eigenvalue weighted by Gasteiger charge is 2.30. The number of amides is 3. The molecule has 3 rings (SSSR count). The zero-order valence-corrected chi connectivity index (χ0v) is 19.1. The predicted molar refractivity (Wildman–Crippen MR) is 125 cm³/mol. The van der Waals surface area contributed by atoms with Gasteiger partial charge in [-0.1, -0.05) is 6.92 Å². The number of carbonyl (C=O) groups is 2. The SMILES string of the molecule is CNC[C@H]1Oc2ccc(NC(=O)Nc3ccc(F)cc3)cc2CC(=O)N([C@H](C)CO)C[C@@H]1C. The van der Waals surface area contributed by atoms with Gasteiger partial charge in [0.25, 0.3) is 0 Å². The molecule has 0 saturated heterocycles. The first-order chi connectivity index (χ1) is 15.8. The minimum atomic E-state index is -0.492. The third-order valence-electron chi connectivity index (χ3n) is 5.68. The number of benzene rings is 2. The molecule has 178 valence electrons. The van der Waals surface area contributed by atoms with Gasteiger partial charge in [-0.25, -0.2) is 9.18 Å². The van der Waals surface area contributed by atoms with E-state index >= 15 is 0 Å². The van der Waals surface area contributed by atoms with Crippen molar-refractivity contribution in [1.82, 2.24) is 10.2 Å². The van der Waals surface area contributed by atoms with Crippen LogP contribution in [0.3, 0.4) is 0 Å². The Hall–Kier alpha value is -3.17. The number of urea groups is 1. The van der Waals surface area contributed by atoms with Gasteiger partial charge in [-0.05, 0) is 56.4 Å². The Kier molecular flexibility index (Phi) is 8.24. The molecule has 0 unspecified atom stereocenters. The Bertz CT molecular complexity index is 969. The van der Waals surface area contributed by atoms with Crippen molar-refractivity contribution >= 4 is 23.3 Å². The third kappa shape index (κ3) is 6.43. The lowest BCUT2D eigenvalue weighted by molar-refractivity contribution is -0.134. The zero-order valence-electron chi connectivity index (χ0n) is 19.1. The number of aliphatic hydroxyl groups excluding tert-OH is 1. The molecule has 0 aromatic heterocycles. The third-order valence-corrected chi connectivity index (χ3v) is 5.68. The molecule has 0 aliphatic carbocycles. The molecule has 1 heterocycles. The molecule has 0 radical (unpaired) electrons. The second kappa shape index (κ2) is 11.1. The van der Waals surface area contributed by atoms with Crippen LogP contribution in [0.4, 0.5) is 20.6 Å². The summed E-state index contributed by atoms with van der Waals surface area (Å²) in [5.41, 5.74) is 1.58. The van der Waals surface area contributed by atoms with Gasteiger partial charge in [0.05, 0.1) is 19.1 Å². The Balaban J connectivity index is 1.83. The van der Waals surface area contributed by atoms with Crippen molar-refractivity contribution in [2.45, 2.75) is 32.4 Å². The van der Waals surface area contributed by atoms with E-state index in [1.807, 2.05) is 20.9 Å². The van der Waals surface area contributed by atoms with Crippen LogP contribution in [0.2, 0.25) is 0 Å². The number of nitrogens with one attached hydrogen (secondary N) is 3. The second-order valence-electron chi connectivity index (χ2n) is 8.35. The fourth-order valence-electron chi connectivity index (χ4n) is 3.78. The maximum Gasteiger partial charge on any atom is 0.323 e.